The lowest BCUT2D eigenvalue weighted by molar-refractivity contribution is 0.0938. The molecule has 2 unspecified atom stereocenters. The molecule has 1 saturated heterocycles. The Balaban J connectivity index is 1.41. The van der Waals surface area contributed by atoms with Gasteiger partial charge in [-0.1, -0.05) is 13.8 Å². The van der Waals surface area contributed by atoms with Crippen molar-refractivity contribution >= 4 is 16.9 Å². The molecule has 0 saturated carbocycles. The van der Waals surface area contributed by atoms with Gasteiger partial charge in [0.25, 0.3) is 5.91 Å². The fourth-order valence-corrected chi connectivity index (χ4v) is 4.96. The van der Waals surface area contributed by atoms with Crippen LogP contribution in [0.25, 0.3) is 22.3 Å². The molecular weight excluding hydrogens is 428 g/mol. The fourth-order valence-electron chi connectivity index (χ4n) is 4.96. The first-order valence-electron chi connectivity index (χ1n) is 11.9. The molecule has 8 heteroatoms. The van der Waals surface area contributed by atoms with Gasteiger partial charge in [0.05, 0.1) is 29.1 Å². The first kappa shape index (κ1) is 22.3. The number of carbonyl (C=O) groups excluding carboxylic acids is 1. The Labute approximate surface area is 199 Å². The van der Waals surface area contributed by atoms with Gasteiger partial charge >= 0.3 is 0 Å². The van der Waals surface area contributed by atoms with Crippen LogP contribution in [-0.4, -0.2) is 56.7 Å². The van der Waals surface area contributed by atoms with E-state index in [-0.39, 0.29) is 5.91 Å². The van der Waals surface area contributed by atoms with Crippen molar-refractivity contribution in [1.82, 2.24) is 30.0 Å². The Kier molecular flexibility index (Phi) is 6.40. The number of pyridine rings is 2. The van der Waals surface area contributed by atoms with Gasteiger partial charge in [-0.15, -0.1) is 0 Å². The third kappa shape index (κ3) is 4.87. The van der Waals surface area contributed by atoms with Gasteiger partial charge < -0.3 is 14.6 Å². The molecule has 8 nitrogen and oxygen atoms in total. The Hall–Kier alpha value is -3.52. The van der Waals surface area contributed by atoms with Crippen molar-refractivity contribution in [2.75, 3.05) is 26.2 Å². The molecule has 1 amide bonds. The van der Waals surface area contributed by atoms with Crippen molar-refractivity contribution < 1.29 is 9.21 Å². The zero-order valence-corrected chi connectivity index (χ0v) is 19.6. The van der Waals surface area contributed by atoms with Crippen LogP contribution in [-0.2, 0) is 6.54 Å². The van der Waals surface area contributed by atoms with Gasteiger partial charge in [0.15, 0.2) is 5.65 Å². The number of amides is 1. The third-order valence-corrected chi connectivity index (χ3v) is 6.35. The minimum atomic E-state index is -0.117. The number of nitrogens with one attached hydrogen (secondary N) is 1. The van der Waals surface area contributed by atoms with Crippen molar-refractivity contribution in [3.63, 3.8) is 0 Å². The predicted octanol–water partition coefficient (Wildman–Crippen LogP) is 3.84. The molecule has 4 aromatic rings. The lowest BCUT2D eigenvalue weighted by atomic mass is 9.92. The van der Waals surface area contributed by atoms with Crippen LogP contribution >= 0.6 is 0 Å². The molecule has 0 aromatic carbocycles. The summed E-state index contributed by atoms with van der Waals surface area (Å²) in [5, 5.41) is 8.35. The highest BCUT2D eigenvalue weighted by molar-refractivity contribution is 6.06. The molecule has 1 N–H and O–H groups in total. The molecule has 0 aliphatic carbocycles. The van der Waals surface area contributed by atoms with Crippen LogP contribution in [0.3, 0.4) is 0 Å². The second-order valence-electron chi connectivity index (χ2n) is 9.38. The van der Waals surface area contributed by atoms with Crippen LogP contribution in [0.5, 0.6) is 0 Å². The number of likely N-dealkylation sites (tertiary alicyclic amines) is 1. The molecular formula is C26H30N6O2. The average molecular weight is 459 g/mol. The highest BCUT2D eigenvalue weighted by Crippen LogP contribution is 2.25. The zero-order valence-electron chi connectivity index (χ0n) is 19.6. The second-order valence-corrected chi connectivity index (χ2v) is 9.38. The van der Waals surface area contributed by atoms with Gasteiger partial charge in [-0.05, 0) is 48.6 Å². The average Bonchev–Trinajstić information content (AvgIpc) is 3.49. The minimum Gasteiger partial charge on any atom is -0.467 e. The van der Waals surface area contributed by atoms with E-state index in [1.807, 2.05) is 30.3 Å². The molecule has 34 heavy (non-hydrogen) atoms. The van der Waals surface area contributed by atoms with E-state index in [4.69, 9.17) is 9.40 Å². The monoisotopic (exact) mass is 458 g/mol. The number of hydrogen-bond donors (Lipinski definition) is 1. The van der Waals surface area contributed by atoms with Crippen LogP contribution in [0.2, 0.25) is 0 Å². The maximum Gasteiger partial charge on any atom is 0.252 e. The molecule has 176 valence electrons. The number of hydrogen-bond acceptors (Lipinski definition) is 6. The van der Waals surface area contributed by atoms with E-state index in [1.165, 1.54) is 6.42 Å². The molecule has 0 bridgehead atoms. The molecule has 1 aliphatic heterocycles. The number of rotatable bonds is 7. The first-order chi connectivity index (χ1) is 16.6. The summed E-state index contributed by atoms with van der Waals surface area (Å²) in [4.78, 5) is 24.8. The quantitative estimate of drug-likeness (QED) is 0.453. The van der Waals surface area contributed by atoms with E-state index in [9.17, 15) is 4.79 Å². The van der Waals surface area contributed by atoms with E-state index in [0.717, 1.165) is 36.3 Å². The predicted molar refractivity (Wildman–Crippen MR) is 130 cm³/mol. The lowest BCUT2D eigenvalue weighted by Crippen LogP contribution is -2.42. The van der Waals surface area contributed by atoms with E-state index in [1.54, 1.807) is 29.5 Å². The summed E-state index contributed by atoms with van der Waals surface area (Å²) < 4.78 is 7.26. The highest BCUT2D eigenvalue weighted by atomic mass is 16.3. The molecule has 5 rings (SSSR count). The van der Waals surface area contributed by atoms with E-state index in [2.05, 4.69) is 34.1 Å². The van der Waals surface area contributed by atoms with Crippen molar-refractivity contribution in [2.24, 2.45) is 11.8 Å². The minimum absolute atomic E-state index is 0.117. The van der Waals surface area contributed by atoms with Gasteiger partial charge in [-0.3, -0.25) is 9.78 Å². The van der Waals surface area contributed by atoms with E-state index >= 15 is 0 Å². The van der Waals surface area contributed by atoms with Gasteiger partial charge in [0.2, 0.25) is 0 Å². The standard InChI is InChI=1S/C26H30N6O2/c1-18-11-19(2)16-31(15-18)9-8-28-26(33)22-12-24(20-5-3-7-27-13-20)30-25-23(22)14-29-32(25)17-21-6-4-10-34-21/h3-7,10,12-14,18-19H,8-9,11,15-17H2,1-2H3,(H,28,33). The van der Waals surface area contributed by atoms with Crippen LogP contribution in [0.15, 0.2) is 59.6 Å². The number of furan rings is 1. The maximum absolute atomic E-state index is 13.3. The number of aromatic nitrogens is 4. The first-order valence-corrected chi connectivity index (χ1v) is 11.9. The maximum atomic E-state index is 13.3. The normalized spacial score (nSPS) is 18.9. The van der Waals surface area contributed by atoms with Gasteiger partial charge in [0.1, 0.15) is 12.3 Å². The molecule has 1 fully saturated rings. The number of carbonyl (C=O) groups is 1. The molecule has 2 atom stereocenters. The highest BCUT2D eigenvalue weighted by Gasteiger charge is 2.22. The Morgan fingerprint density at radius 3 is 2.76 bits per heavy atom. The van der Waals surface area contributed by atoms with Crippen molar-refractivity contribution in [3.05, 3.63) is 66.5 Å². The fraction of sp³-hybridized carbons (Fsp3) is 0.385. The third-order valence-electron chi connectivity index (χ3n) is 6.35. The molecule has 1 aliphatic rings. The van der Waals surface area contributed by atoms with Crippen LogP contribution in [0.1, 0.15) is 36.4 Å². The largest absolute Gasteiger partial charge is 0.467 e. The molecule has 0 spiro atoms. The van der Waals surface area contributed by atoms with Crippen LogP contribution in [0, 0.1) is 11.8 Å². The number of piperidine rings is 1. The molecule has 0 radical (unpaired) electrons. The summed E-state index contributed by atoms with van der Waals surface area (Å²) in [6.45, 7) is 8.67. The van der Waals surface area contributed by atoms with E-state index < -0.39 is 0 Å². The Morgan fingerprint density at radius 1 is 1.18 bits per heavy atom. The van der Waals surface area contributed by atoms with Crippen molar-refractivity contribution in [1.29, 1.82) is 0 Å². The van der Waals surface area contributed by atoms with Gasteiger partial charge in [-0.2, -0.15) is 5.10 Å². The smallest absolute Gasteiger partial charge is 0.252 e. The molecule has 5 heterocycles. The summed E-state index contributed by atoms with van der Waals surface area (Å²) in [7, 11) is 0. The number of nitrogens with zero attached hydrogens (tertiary/aromatic N) is 5. The van der Waals surface area contributed by atoms with E-state index in [0.29, 0.717) is 41.8 Å². The van der Waals surface area contributed by atoms with Crippen LogP contribution in [0.4, 0.5) is 0 Å². The Morgan fingerprint density at radius 2 is 2.03 bits per heavy atom. The zero-order chi connectivity index (χ0) is 23.5. The summed E-state index contributed by atoms with van der Waals surface area (Å²) in [6, 6.07) is 9.38. The van der Waals surface area contributed by atoms with Gasteiger partial charge in [0, 0.05) is 44.1 Å². The molecule has 4 aromatic heterocycles. The lowest BCUT2D eigenvalue weighted by Gasteiger charge is -2.34. The van der Waals surface area contributed by atoms with Gasteiger partial charge in [-0.25, -0.2) is 9.67 Å². The number of fused-ring (bicyclic) bond motifs is 1. The summed E-state index contributed by atoms with van der Waals surface area (Å²) >= 11 is 0. The SMILES string of the molecule is CC1CC(C)CN(CCNC(=O)c2cc(-c3cccnc3)nc3c2cnn3Cc2ccco2)C1. The van der Waals surface area contributed by atoms with Crippen molar-refractivity contribution in [2.45, 2.75) is 26.8 Å². The summed E-state index contributed by atoms with van der Waals surface area (Å²) in [6.07, 6.45) is 8.09. The summed E-state index contributed by atoms with van der Waals surface area (Å²) in [5.41, 5.74) is 2.74. The van der Waals surface area contributed by atoms with Crippen LogP contribution < -0.4 is 5.32 Å². The summed E-state index contributed by atoms with van der Waals surface area (Å²) in [5.74, 6) is 2.05. The topological polar surface area (TPSA) is 89.1 Å². The Bertz CT molecular complexity index is 1240. The van der Waals surface area contributed by atoms with Crippen molar-refractivity contribution in [3.8, 4) is 11.3 Å². The second kappa shape index (κ2) is 9.77.